The summed E-state index contributed by atoms with van der Waals surface area (Å²) in [6, 6.07) is 0. The molecule has 1 heterocycles. The zero-order valence-corrected chi connectivity index (χ0v) is 9.92. The molecule has 0 unspecified atom stereocenters. The van der Waals surface area contributed by atoms with Crippen molar-refractivity contribution in [3.05, 3.63) is 11.6 Å². The first kappa shape index (κ1) is 11.4. The molecular formula is C11H16N2O2S. The summed E-state index contributed by atoms with van der Waals surface area (Å²) >= 11 is 1.51. The molecule has 5 heteroatoms. The van der Waals surface area contributed by atoms with Gasteiger partial charge in [0.15, 0.2) is 5.13 Å². The number of carboxylic acid groups (broad SMARTS) is 1. The van der Waals surface area contributed by atoms with E-state index in [-0.39, 0.29) is 0 Å². The Hall–Kier alpha value is -1.10. The van der Waals surface area contributed by atoms with Crippen LogP contribution in [0.15, 0.2) is 11.6 Å². The summed E-state index contributed by atoms with van der Waals surface area (Å²) in [4.78, 5) is 15.5. The molecule has 0 radical (unpaired) electrons. The van der Waals surface area contributed by atoms with Gasteiger partial charge in [0.25, 0.3) is 0 Å². The van der Waals surface area contributed by atoms with Gasteiger partial charge in [0.1, 0.15) is 0 Å². The number of nitrogens with one attached hydrogen (secondary N) is 1. The van der Waals surface area contributed by atoms with Crippen molar-refractivity contribution in [2.24, 2.45) is 5.41 Å². The first-order valence-electron chi connectivity index (χ1n) is 5.60. The third-order valence-corrected chi connectivity index (χ3v) is 4.01. The highest BCUT2D eigenvalue weighted by molar-refractivity contribution is 7.13. The van der Waals surface area contributed by atoms with Gasteiger partial charge in [-0.05, 0) is 12.8 Å². The van der Waals surface area contributed by atoms with E-state index in [0.717, 1.165) is 37.2 Å². The van der Waals surface area contributed by atoms with Crippen molar-refractivity contribution < 1.29 is 9.90 Å². The lowest BCUT2D eigenvalue weighted by Gasteiger charge is -2.33. The molecule has 0 aromatic carbocycles. The van der Waals surface area contributed by atoms with Crippen molar-refractivity contribution in [2.75, 3.05) is 11.9 Å². The van der Waals surface area contributed by atoms with E-state index in [1.807, 2.05) is 5.38 Å². The van der Waals surface area contributed by atoms with Crippen molar-refractivity contribution in [1.29, 1.82) is 0 Å². The predicted octanol–water partition coefficient (Wildman–Crippen LogP) is 2.59. The number of thiazole rings is 1. The molecule has 4 nitrogen and oxygen atoms in total. The van der Waals surface area contributed by atoms with E-state index < -0.39 is 11.4 Å². The zero-order valence-electron chi connectivity index (χ0n) is 9.11. The van der Waals surface area contributed by atoms with Crippen LogP contribution < -0.4 is 5.32 Å². The molecule has 1 fully saturated rings. The average molecular weight is 240 g/mol. The standard InChI is InChI=1S/C11H16N2O2S/c14-9(15)11(4-2-1-3-5-11)8-13-10-12-6-7-16-10/h6-7H,1-5,8H2,(H,12,13)(H,14,15). The Morgan fingerprint density at radius 1 is 1.50 bits per heavy atom. The third kappa shape index (κ3) is 2.35. The number of nitrogens with zero attached hydrogens (tertiary/aromatic N) is 1. The topological polar surface area (TPSA) is 62.2 Å². The summed E-state index contributed by atoms with van der Waals surface area (Å²) in [6.07, 6.45) is 6.48. The molecule has 0 bridgehead atoms. The molecule has 0 aliphatic heterocycles. The van der Waals surface area contributed by atoms with Gasteiger partial charge in [-0.2, -0.15) is 0 Å². The van der Waals surface area contributed by atoms with E-state index in [0.29, 0.717) is 6.54 Å². The fourth-order valence-corrected chi connectivity index (χ4v) is 2.78. The van der Waals surface area contributed by atoms with Crippen molar-refractivity contribution in [3.8, 4) is 0 Å². The van der Waals surface area contributed by atoms with Gasteiger partial charge in [0.2, 0.25) is 0 Å². The van der Waals surface area contributed by atoms with E-state index in [2.05, 4.69) is 10.3 Å². The number of hydrogen-bond donors (Lipinski definition) is 2. The van der Waals surface area contributed by atoms with Crippen molar-refractivity contribution in [2.45, 2.75) is 32.1 Å². The van der Waals surface area contributed by atoms with Gasteiger partial charge in [-0.25, -0.2) is 4.98 Å². The average Bonchev–Trinajstić information content (AvgIpc) is 2.80. The lowest BCUT2D eigenvalue weighted by Crippen LogP contribution is -2.39. The van der Waals surface area contributed by atoms with Crippen LogP contribution in [-0.2, 0) is 4.79 Å². The fourth-order valence-electron chi connectivity index (χ4n) is 2.25. The first-order chi connectivity index (χ1) is 7.73. The largest absolute Gasteiger partial charge is 0.481 e. The SMILES string of the molecule is O=C(O)C1(CNc2nccs2)CCCCC1. The van der Waals surface area contributed by atoms with Gasteiger partial charge < -0.3 is 10.4 Å². The smallest absolute Gasteiger partial charge is 0.311 e. The Bertz CT molecular complexity index is 345. The molecule has 1 saturated carbocycles. The minimum atomic E-state index is -0.670. The molecule has 2 rings (SSSR count). The van der Waals surface area contributed by atoms with Crippen LogP contribution in [0, 0.1) is 5.41 Å². The van der Waals surface area contributed by atoms with Gasteiger partial charge in [0.05, 0.1) is 5.41 Å². The monoisotopic (exact) mass is 240 g/mol. The van der Waals surface area contributed by atoms with Gasteiger partial charge in [0, 0.05) is 18.1 Å². The van der Waals surface area contributed by atoms with Crippen LogP contribution in [-0.4, -0.2) is 22.6 Å². The Balaban J connectivity index is 2.00. The fraction of sp³-hybridized carbons (Fsp3) is 0.636. The molecular weight excluding hydrogens is 224 g/mol. The number of carbonyl (C=O) groups is 1. The number of aromatic nitrogens is 1. The quantitative estimate of drug-likeness (QED) is 0.849. The minimum absolute atomic E-state index is 0.496. The Kier molecular flexibility index (Phi) is 3.43. The van der Waals surface area contributed by atoms with E-state index in [1.165, 1.54) is 11.3 Å². The molecule has 16 heavy (non-hydrogen) atoms. The summed E-state index contributed by atoms with van der Waals surface area (Å²) in [5.74, 6) is -0.670. The normalized spacial score (nSPS) is 19.2. The zero-order chi connectivity index (χ0) is 11.4. The van der Waals surface area contributed by atoms with Crippen LogP contribution in [0.25, 0.3) is 0 Å². The maximum Gasteiger partial charge on any atom is 0.311 e. The number of aliphatic carboxylic acids is 1. The maximum absolute atomic E-state index is 11.4. The highest BCUT2D eigenvalue weighted by atomic mass is 32.1. The number of rotatable bonds is 4. The number of anilines is 1. The summed E-state index contributed by atoms with van der Waals surface area (Å²) in [5, 5.41) is 15.2. The van der Waals surface area contributed by atoms with E-state index in [4.69, 9.17) is 0 Å². The van der Waals surface area contributed by atoms with Gasteiger partial charge in [-0.1, -0.05) is 19.3 Å². The Morgan fingerprint density at radius 2 is 2.25 bits per heavy atom. The molecule has 0 amide bonds. The second kappa shape index (κ2) is 4.82. The highest BCUT2D eigenvalue weighted by Crippen LogP contribution is 2.36. The minimum Gasteiger partial charge on any atom is -0.481 e. The van der Waals surface area contributed by atoms with E-state index in [9.17, 15) is 9.90 Å². The van der Waals surface area contributed by atoms with E-state index >= 15 is 0 Å². The lowest BCUT2D eigenvalue weighted by molar-refractivity contribution is -0.150. The molecule has 0 atom stereocenters. The van der Waals surface area contributed by atoms with Crippen molar-refractivity contribution >= 4 is 22.4 Å². The molecule has 0 spiro atoms. The van der Waals surface area contributed by atoms with Crippen LogP contribution in [0.3, 0.4) is 0 Å². The van der Waals surface area contributed by atoms with Crippen LogP contribution in [0.5, 0.6) is 0 Å². The maximum atomic E-state index is 11.4. The number of carboxylic acids is 1. The molecule has 1 aromatic rings. The Morgan fingerprint density at radius 3 is 2.81 bits per heavy atom. The van der Waals surface area contributed by atoms with Crippen molar-refractivity contribution in [1.82, 2.24) is 4.98 Å². The Labute approximate surface area is 98.7 Å². The molecule has 1 aliphatic carbocycles. The van der Waals surface area contributed by atoms with Crippen LogP contribution in [0.2, 0.25) is 0 Å². The second-order valence-corrected chi connectivity index (χ2v) is 5.23. The molecule has 88 valence electrons. The van der Waals surface area contributed by atoms with E-state index in [1.54, 1.807) is 6.20 Å². The molecule has 2 N–H and O–H groups in total. The van der Waals surface area contributed by atoms with Gasteiger partial charge in [-0.15, -0.1) is 11.3 Å². The summed E-state index contributed by atoms with van der Waals surface area (Å²) in [7, 11) is 0. The van der Waals surface area contributed by atoms with Crippen LogP contribution in [0.1, 0.15) is 32.1 Å². The molecule has 1 aliphatic rings. The lowest BCUT2D eigenvalue weighted by atomic mass is 9.74. The molecule has 1 aromatic heterocycles. The van der Waals surface area contributed by atoms with Gasteiger partial charge >= 0.3 is 5.97 Å². The van der Waals surface area contributed by atoms with Crippen LogP contribution >= 0.6 is 11.3 Å². The first-order valence-corrected chi connectivity index (χ1v) is 6.48. The summed E-state index contributed by atoms with van der Waals surface area (Å²) < 4.78 is 0. The third-order valence-electron chi connectivity index (χ3n) is 3.27. The van der Waals surface area contributed by atoms with Crippen LogP contribution in [0.4, 0.5) is 5.13 Å². The summed E-state index contributed by atoms with van der Waals surface area (Å²) in [5.41, 5.74) is -0.579. The molecule has 0 saturated heterocycles. The highest BCUT2D eigenvalue weighted by Gasteiger charge is 2.39. The summed E-state index contributed by atoms with van der Waals surface area (Å²) in [6.45, 7) is 0.496. The predicted molar refractivity (Wildman–Crippen MR) is 63.8 cm³/mol. The second-order valence-electron chi connectivity index (χ2n) is 4.34. The number of hydrogen-bond acceptors (Lipinski definition) is 4. The van der Waals surface area contributed by atoms with Gasteiger partial charge in [-0.3, -0.25) is 4.79 Å². The van der Waals surface area contributed by atoms with Crippen molar-refractivity contribution in [3.63, 3.8) is 0 Å².